The van der Waals surface area contributed by atoms with E-state index in [1.54, 1.807) is 9.80 Å². The van der Waals surface area contributed by atoms with Gasteiger partial charge in [0.05, 0.1) is 18.6 Å². The fourth-order valence-electron chi connectivity index (χ4n) is 3.31. The number of hydrogen-bond donors (Lipinski definition) is 2. The van der Waals surface area contributed by atoms with E-state index in [0.717, 1.165) is 16.5 Å². The van der Waals surface area contributed by atoms with Crippen molar-refractivity contribution < 1.29 is 14.4 Å². The minimum atomic E-state index is -0.615. The molecule has 2 aromatic rings. The molecule has 2 aliphatic rings. The van der Waals surface area contributed by atoms with Gasteiger partial charge in [-0.2, -0.15) is 5.10 Å². The summed E-state index contributed by atoms with van der Waals surface area (Å²) in [6, 6.07) is 5.14. The molecule has 1 aromatic heterocycles. The van der Waals surface area contributed by atoms with Crippen LogP contribution in [0.3, 0.4) is 0 Å². The fraction of sp³-hybridized carbons (Fsp3) is 0.375. The van der Waals surface area contributed by atoms with Crippen molar-refractivity contribution in [2.45, 2.75) is 13.0 Å². The molecular formula is C16H17N5O3. The van der Waals surface area contributed by atoms with E-state index in [1.807, 2.05) is 25.1 Å². The summed E-state index contributed by atoms with van der Waals surface area (Å²) in [7, 11) is 0. The zero-order valence-corrected chi connectivity index (χ0v) is 13.2. The largest absolute Gasteiger partial charge is 0.345 e. The minimum absolute atomic E-state index is 0.0343. The first-order chi connectivity index (χ1) is 11.5. The number of H-pyrrole nitrogens is 1. The Morgan fingerprint density at radius 2 is 2.12 bits per heavy atom. The van der Waals surface area contributed by atoms with Crippen LogP contribution in [-0.2, 0) is 9.59 Å². The highest BCUT2D eigenvalue weighted by atomic mass is 16.2. The molecule has 2 fully saturated rings. The summed E-state index contributed by atoms with van der Waals surface area (Å²) in [4.78, 5) is 39.9. The van der Waals surface area contributed by atoms with Crippen molar-refractivity contribution in [3.05, 3.63) is 29.5 Å². The van der Waals surface area contributed by atoms with Crippen LogP contribution in [0.1, 0.15) is 16.1 Å². The molecule has 3 heterocycles. The van der Waals surface area contributed by atoms with Crippen LogP contribution in [0.4, 0.5) is 0 Å². The predicted octanol–water partition coefficient (Wildman–Crippen LogP) is -0.346. The highest BCUT2D eigenvalue weighted by Crippen LogP contribution is 2.21. The standard InChI is InChI=1S/C16H17N5O3/c1-9-2-3-11-10(6-9)14(19-18-11)16(24)20-4-5-21-12(8-20)15(23)17-7-13(21)22/h2-3,6,12H,4-5,7-8H2,1H3,(H,17,23)(H,18,19). The molecule has 8 nitrogen and oxygen atoms in total. The number of hydrogen-bond acceptors (Lipinski definition) is 4. The SMILES string of the molecule is Cc1ccc2[nH]nc(C(=O)N3CCN4C(=O)CNC(=O)C4C3)c2c1. The molecule has 1 unspecified atom stereocenters. The van der Waals surface area contributed by atoms with E-state index in [-0.39, 0.29) is 30.8 Å². The van der Waals surface area contributed by atoms with Crippen LogP contribution >= 0.6 is 0 Å². The van der Waals surface area contributed by atoms with Crippen molar-refractivity contribution in [1.82, 2.24) is 25.3 Å². The first-order valence-electron chi connectivity index (χ1n) is 7.86. The first kappa shape index (κ1) is 14.7. The molecule has 0 bridgehead atoms. The van der Waals surface area contributed by atoms with E-state index in [1.165, 1.54) is 0 Å². The zero-order chi connectivity index (χ0) is 16.8. The number of carbonyl (C=O) groups is 3. The number of nitrogens with zero attached hydrogens (tertiary/aromatic N) is 3. The second-order valence-electron chi connectivity index (χ2n) is 6.19. The van der Waals surface area contributed by atoms with Gasteiger partial charge in [0.25, 0.3) is 5.91 Å². The molecule has 2 N–H and O–H groups in total. The second-order valence-corrected chi connectivity index (χ2v) is 6.19. The third kappa shape index (κ3) is 2.22. The molecule has 1 atom stereocenters. The second kappa shape index (κ2) is 5.33. The van der Waals surface area contributed by atoms with Crippen molar-refractivity contribution in [2.24, 2.45) is 0 Å². The van der Waals surface area contributed by atoms with E-state index >= 15 is 0 Å². The number of benzene rings is 1. The van der Waals surface area contributed by atoms with Crippen LogP contribution in [0.5, 0.6) is 0 Å². The third-order valence-corrected chi connectivity index (χ3v) is 4.63. The molecule has 0 spiro atoms. The highest BCUT2D eigenvalue weighted by Gasteiger charge is 2.40. The average Bonchev–Trinajstić information content (AvgIpc) is 3.00. The Kier molecular flexibility index (Phi) is 3.26. The fourth-order valence-corrected chi connectivity index (χ4v) is 3.31. The molecule has 1 aromatic carbocycles. The lowest BCUT2D eigenvalue weighted by Gasteiger charge is -2.42. The van der Waals surface area contributed by atoms with Gasteiger partial charge in [-0.25, -0.2) is 0 Å². The lowest BCUT2D eigenvalue weighted by atomic mass is 10.1. The lowest BCUT2D eigenvalue weighted by molar-refractivity contribution is -0.148. The quantitative estimate of drug-likeness (QED) is 0.748. The summed E-state index contributed by atoms with van der Waals surface area (Å²) in [5.74, 6) is -0.542. The van der Waals surface area contributed by atoms with Gasteiger partial charge in [0.15, 0.2) is 5.69 Å². The van der Waals surface area contributed by atoms with E-state index in [2.05, 4.69) is 15.5 Å². The monoisotopic (exact) mass is 327 g/mol. The van der Waals surface area contributed by atoms with Gasteiger partial charge in [-0.3, -0.25) is 19.5 Å². The Morgan fingerprint density at radius 1 is 1.29 bits per heavy atom. The number of aromatic amines is 1. The van der Waals surface area contributed by atoms with Crippen LogP contribution < -0.4 is 5.32 Å². The van der Waals surface area contributed by atoms with Gasteiger partial charge in [-0.1, -0.05) is 11.6 Å². The van der Waals surface area contributed by atoms with Gasteiger partial charge >= 0.3 is 0 Å². The number of piperazine rings is 2. The topological polar surface area (TPSA) is 98.4 Å². The van der Waals surface area contributed by atoms with E-state index < -0.39 is 6.04 Å². The maximum atomic E-state index is 12.9. The van der Waals surface area contributed by atoms with E-state index in [4.69, 9.17) is 0 Å². The van der Waals surface area contributed by atoms with E-state index in [9.17, 15) is 14.4 Å². The van der Waals surface area contributed by atoms with Crippen molar-refractivity contribution in [1.29, 1.82) is 0 Å². The lowest BCUT2D eigenvalue weighted by Crippen LogP contribution is -2.66. The molecule has 2 saturated heterocycles. The smallest absolute Gasteiger partial charge is 0.275 e. The number of amides is 3. The third-order valence-electron chi connectivity index (χ3n) is 4.63. The van der Waals surface area contributed by atoms with Gasteiger partial charge in [-0.05, 0) is 19.1 Å². The summed E-state index contributed by atoms with van der Waals surface area (Å²) < 4.78 is 0. The number of carbonyl (C=O) groups excluding carboxylic acids is 3. The Bertz CT molecular complexity index is 859. The molecule has 0 saturated carbocycles. The summed E-state index contributed by atoms with van der Waals surface area (Å²) in [6.07, 6.45) is 0. The summed E-state index contributed by atoms with van der Waals surface area (Å²) in [6.45, 7) is 2.94. The molecule has 124 valence electrons. The Morgan fingerprint density at radius 3 is 2.96 bits per heavy atom. The van der Waals surface area contributed by atoms with Crippen LogP contribution in [0.2, 0.25) is 0 Å². The Hall–Kier alpha value is -2.90. The molecular weight excluding hydrogens is 310 g/mol. The van der Waals surface area contributed by atoms with Crippen LogP contribution in [0, 0.1) is 6.92 Å². The zero-order valence-electron chi connectivity index (χ0n) is 13.2. The predicted molar refractivity (Wildman–Crippen MR) is 85.2 cm³/mol. The molecule has 4 rings (SSSR count). The first-order valence-corrected chi connectivity index (χ1v) is 7.86. The normalized spacial score (nSPS) is 21.0. The van der Waals surface area contributed by atoms with E-state index in [0.29, 0.717) is 18.8 Å². The molecule has 2 aliphatic heterocycles. The summed E-state index contributed by atoms with van der Waals surface area (Å²) in [5.41, 5.74) is 2.19. The minimum Gasteiger partial charge on any atom is -0.345 e. The summed E-state index contributed by atoms with van der Waals surface area (Å²) >= 11 is 0. The van der Waals surface area contributed by atoms with Gasteiger partial charge in [0.2, 0.25) is 11.8 Å². The molecule has 8 heteroatoms. The average molecular weight is 327 g/mol. The summed E-state index contributed by atoms with van der Waals surface area (Å²) in [5, 5.41) is 10.4. The van der Waals surface area contributed by atoms with Crippen molar-refractivity contribution in [2.75, 3.05) is 26.2 Å². The van der Waals surface area contributed by atoms with Gasteiger partial charge < -0.3 is 15.1 Å². The van der Waals surface area contributed by atoms with Crippen LogP contribution in [0.15, 0.2) is 18.2 Å². The van der Waals surface area contributed by atoms with Gasteiger partial charge in [0.1, 0.15) is 6.04 Å². The molecule has 3 amide bonds. The number of aryl methyl sites for hydroxylation is 1. The number of rotatable bonds is 1. The molecule has 0 aliphatic carbocycles. The van der Waals surface area contributed by atoms with Crippen LogP contribution in [-0.4, -0.2) is 69.9 Å². The maximum Gasteiger partial charge on any atom is 0.275 e. The molecule has 24 heavy (non-hydrogen) atoms. The number of aromatic nitrogens is 2. The maximum absolute atomic E-state index is 12.9. The molecule has 0 radical (unpaired) electrons. The van der Waals surface area contributed by atoms with Gasteiger partial charge in [-0.15, -0.1) is 0 Å². The number of nitrogens with one attached hydrogen (secondary N) is 2. The highest BCUT2D eigenvalue weighted by molar-refractivity contribution is 6.05. The number of fused-ring (bicyclic) bond motifs is 2. The van der Waals surface area contributed by atoms with Gasteiger partial charge in [0, 0.05) is 18.5 Å². The van der Waals surface area contributed by atoms with Crippen molar-refractivity contribution >= 4 is 28.6 Å². The van der Waals surface area contributed by atoms with Crippen molar-refractivity contribution in [3.63, 3.8) is 0 Å². The van der Waals surface area contributed by atoms with Crippen LogP contribution in [0.25, 0.3) is 10.9 Å². The Labute approximate surface area is 137 Å². The van der Waals surface area contributed by atoms with Crippen molar-refractivity contribution in [3.8, 4) is 0 Å². The Balaban J connectivity index is 1.62.